The number of hydrogen-bond acceptors (Lipinski definition) is 4. The van der Waals surface area contributed by atoms with Gasteiger partial charge in [0.2, 0.25) is 0 Å². The second kappa shape index (κ2) is 7.62. The number of nitrogens with two attached hydrogens (primary N) is 1. The predicted molar refractivity (Wildman–Crippen MR) is 81.0 cm³/mol. The lowest BCUT2D eigenvalue weighted by atomic mass is 10.0. The lowest BCUT2D eigenvalue weighted by molar-refractivity contribution is 0.115. The molecule has 2 rings (SSSR count). The van der Waals surface area contributed by atoms with Gasteiger partial charge in [-0.25, -0.2) is 0 Å². The molecule has 4 nitrogen and oxygen atoms in total. The van der Waals surface area contributed by atoms with E-state index in [1.807, 2.05) is 19.1 Å². The SMILES string of the molecule is CCOc1ccc(C(CN)N(CCOC)C2CC2)cc1. The van der Waals surface area contributed by atoms with Crippen LogP contribution in [0.25, 0.3) is 0 Å². The molecule has 1 aliphatic rings. The van der Waals surface area contributed by atoms with Crippen molar-refractivity contribution < 1.29 is 9.47 Å². The zero-order valence-electron chi connectivity index (χ0n) is 12.5. The van der Waals surface area contributed by atoms with Gasteiger partial charge in [-0.3, -0.25) is 4.90 Å². The van der Waals surface area contributed by atoms with Gasteiger partial charge in [-0.15, -0.1) is 0 Å². The van der Waals surface area contributed by atoms with E-state index in [-0.39, 0.29) is 6.04 Å². The Balaban J connectivity index is 2.08. The molecule has 0 saturated heterocycles. The van der Waals surface area contributed by atoms with Crippen molar-refractivity contribution in [2.45, 2.75) is 31.8 Å². The highest BCUT2D eigenvalue weighted by atomic mass is 16.5. The Labute approximate surface area is 121 Å². The van der Waals surface area contributed by atoms with Crippen molar-refractivity contribution in [1.29, 1.82) is 0 Å². The molecule has 1 saturated carbocycles. The van der Waals surface area contributed by atoms with Gasteiger partial charge in [0.15, 0.2) is 0 Å². The highest BCUT2D eigenvalue weighted by molar-refractivity contribution is 5.29. The van der Waals surface area contributed by atoms with Gasteiger partial charge in [-0.1, -0.05) is 12.1 Å². The number of ether oxygens (including phenoxy) is 2. The second-order valence-corrected chi connectivity index (χ2v) is 5.22. The molecule has 1 fully saturated rings. The topological polar surface area (TPSA) is 47.7 Å². The van der Waals surface area contributed by atoms with Crippen molar-refractivity contribution in [3.05, 3.63) is 29.8 Å². The molecule has 112 valence electrons. The molecule has 0 radical (unpaired) electrons. The first-order valence-electron chi connectivity index (χ1n) is 7.47. The number of rotatable bonds is 9. The fraction of sp³-hybridized carbons (Fsp3) is 0.625. The Hall–Kier alpha value is -1.10. The van der Waals surface area contributed by atoms with Gasteiger partial charge in [0.05, 0.1) is 13.2 Å². The molecule has 1 unspecified atom stereocenters. The lowest BCUT2D eigenvalue weighted by Gasteiger charge is -2.31. The molecule has 0 aromatic heterocycles. The van der Waals surface area contributed by atoms with Crippen molar-refractivity contribution in [1.82, 2.24) is 4.90 Å². The molecule has 0 heterocycles. The highest BCUT2D eigenvalue weighted by Crippen LogP contribution is 2.34. The predicted octanol–water partition coefficient (Wildman–Crippen LogP) is 2.20. The summed E-state index contributed by atoms with van der Waals surface area (Å²) < 4.78 is 10.7. The van der Waals surface area contributed by atoms with Crippen LogP contribution in [0.15, 0.2) is 24.3 Å². The minimum absolute atomic E-state index is 0.272. The largest absolute Gasteiger partial charge is 0.494 e. The zero-order valence-corrected chi connectivity index (χ0v) is 12.5. The van der Waals surface area contributed by atoms with Crippen LogP contribution in [0.3, 0.4) is 0 Å². The van der Waals surface area contributed by atoms with Crippen LogP contribution in [0.2, 0.25) is 0 Å². The van der Waals surface area contributed by atoms with E-state index in [2.05, 4.69) is 17.0 Å². The maximum Gasteiger partial charge on any atom is 0.119 e. The molecule has 1 aromatic carbocycles. The first-order chi connectivity index (χ1) is 9.80. The third kappa shape index (κ3) is 3.95. The van der Waals surface area contributed by atoms with Crippen LogP contribution in [0.4, 0.5) is 0 Å². The maximum absolute atomic E-state index is 6.03. The van der Waals surface area contributed by atoms with Crippen molar-refractivity contribution in [2.24, 2.45) is 5.73 Å². The van der Waals surface area contributed by atoms with Gasteiger partial charge in [0, 0.05) is 32.3 Å². The van der Waals surface area contributed by atoms with Crippen LogP contribution < -0.4 is 10.5 Å². The standard InChI is InChI=1S/C16H26N2O2/c1-3-20-15-8-4-13(5-9-15)16(12-17)18(10-11-19-2)14-6-7-14/h4-5,8-9,14,16H,3,6-7,10-12,17H2,1-2H3. The van der Waals surface area contributed by atoms with Gasteiger partial charge in [0.25, 0.3) is 0 Å². The first kappa shape index (κ1) is 15.3. The number of nitrogens with zero attached hydrogens (tertiary/aromatic N) is 1. The molecule has 20 heavy (non-hydrogen) atoms. The summed E-state index contributed by atoms with van der Waals surface area (Å²) in [5.41, 5.74) is 7.29. The Kier molecular flexibility index (Phi) is 5.83. The third-order valence-corrected chi connectivity index (χ3v) is 3.77. The fourth-order valence-electron chi connectivity index (χ4n) is 2.61. The van der Waals surface area contributed by atoms with Crippen molar-refractivity contribution in [2.75, 3.05) is 33.4 Å². The number of benzene rings is 1. The molecular formula is C16H26N2O2. The lowest BCUT2D eigenvalue weighted by Crippen LogP contribution is -2.37. The number of hydrogen-bond donors (Lipinski definition) is 1. The summed E-state index contributed by atoms with van der Waals surface area (Å²) in [7, 11) is 1.75. The second-order valence-electron chi connectivity index (χ2n) is 5.22. The van der Waals surface area contributed by atoms with Crippen LogP contribution in [0, 0.1) is 0 Å². The van der Waals surface area contributed by atoms with Gasteiger partial charge in [0.1, 0.15) is 5.75 Å². The Bertz CT molecular complexity index is 390. The molecule has 4 heteroatoms. The van der Waals surface area contributed by atoms with Crippen LogP contribution in [0.1, 0.15) is 31.4 Å². The van der Waals surface area contributed by atoms with E-state index < -0.39 is 0 Å². The monoisotopic (exact) mass is 278 g/mol. The first-order valence-corrected chi connectivity index (χ1v) is 7.47. The minimum Gasteiger partial charge on any atom is -0.494 e. The maximum atomic E-state index is 6.03. The Morgan fingerprint density at radius 3 is 2.50 bits per heavy atom. The average molecular weight is 278 g/mol. The van der Waals surface area contributed by atoms with Crippen molar-refractivity contribution in [3.63, 3.8) is 0 Å². The summed E-state index contributed by atoms with van der Waals surface area (Å²) in [5, 5.41) is 0. The molecule has 2 N–H and O–H groups in total. The molecule has 1 aliphatic carbocycles. The fourth-order valence-corrected chi connectivity index (χ4v) is 2.61. The van der Waals surface area contributed by atoms with E-state index in [1.54, 1.807) is 7.11 Å². The van der Waals surface area contributed by atoms with E-state index in [9.17, 15) is 0 Å². The molecular weight excluding hydrogens is 252 g/mol. The summed E-state index contributed by atoms with van der Waals surface area (Å²) >= 11 is 0. The summed E-state index contributed by atoms with van der Waals surface area (Å²) in [4.78, 5) is 2.49. The number of methoxy groups -OCH3 is 1. The molecule has 0 amide bonds. The summed E-state index contributed by atoms with van der Waals surface area (Å²) in [6.07, 6.45) is 2.55. The highest BCUT2D eigenvalue weighted by Gasteiger charge is 2.33. The van der Waals surface area contributed by atoms with Crippen LogP contribution in [0.5, 0.6) is 5.75 Å². The summed E-state index contributed by atoms with van der Waals surface area (Å²) in [6, 6.07) is 9.26. The van der Waals surface area contributed by atoms with E-state index in [0.29, 0.717) is 19.2 Å². The summed E-state index contributed by atoms with van der Waals surface area (Å²) in [5.74, 6) is 0.918. The van der Waals surface area contributed by atoms with E-state index >= 15 is 0 Å². The molecule has 0 spiro atoms. The molecule has 0 aliphatic heterocycles. The van der Waals surface area contributed by atoms with E-state index in [1.165, 1.54) is 18.4 Å². The average Bonchev–Trinajstić information content (AvgIpc) is 3.29. The van der Waals surface area contributed by atoms with Crippen LogP contribution in [-0.2, 0) is 4.74 Å². The third-order valence-electron chi connectivity index (χ3n) is 3.77. The Morgan fingerprint density at radius 2 is 2.00 bits per heavy atom. The van der Waals surface area contributed by atoms with Crippen molar-refractivity contribution in [3.8, 4) is 5.75 Å². The normalized spacial score (nSPS) is 16.4. The van der Waals surface area contributed by atoms with Gasteiger partial charge in [-0.05, 0) is 37.5 Å². The van der Waals surface area contributed by atoms with Crippen LogP contribution >= 0.6 is 0 Å². The van der Waals surface area contributed by atoms with Crippen LogP contribution in [-0.4, -0.2) is 44.4 Å². The zero-order chi connectivity index (χ0) is 14.4. The smallest absolute Gasteiger partial charge is 0.119 e. The minimum atomic E-state index is 0.272. The Morgan fingerprint density at radius 1 is 1.30 bits per heavy atom. The molecule has 1 aromatic rings. The van der Waals surface area contributed by atoms with E-state index in [4.69, 9.17) is 15.2 Å². The molecule has 1 atom stereocenters. The van der Waals surface area contributed by atoms with Gasteiger partial charge in [-0.2, -0.15) is 0 Å². The van der Waals surface area contributed by atoms with Gasteiger partial charge < -0.3 is 15.2 Å². The molecule has 0 bridgehead atoms. The van der Waals surface area contributed by atoms with Crippen molar-refractivity contribution >= 4 is 0 Å². The quantitative estimate of drug-likeness (QED) is 0.752. The van der Waals surface area contributed by atoms with E-state index in [0.717, 1.165) is 18.9 Å². The summed E-state index contributed by atoms with van der Waals surface area (Å²) in [6.45, 7) is 5.02. The van der Waals surface area contributed by atoms with Gasteiger partial charge >= 0.3 is 0 Å².